The molecule has 0 fully saturated rings. The molecule has 0 aliphatic rings. The minimum absolute atomic E-state index is 0.0805. The van der Waals surface area contributed by atoms with Crippen LogP contribution in [0.15, 0.2) is 58.1 Å². The number of anilines is 1. The molecule has 0 radical (unpaired) electrons. The van der Waals surface area contributed by atoms with Crippen molar-refractivity contribution in [3.05, 3.63) is 68.7 Å². The van der Waals surface area contributed by atoms with Crippen molar-refractivity contribution < 1.29 is 14.5 Å². The highest BCUT2D eigenvalue weighted by molar-refractivity contribution is 9.10. The van der Waals surface area contributed by atoms with Gasteiger partial charge in [0.25, 0.3) is 5.69 Å². The third-order valence-corrected chi connectivity index (χ3v) is 3.64. The topological polar surface area (TPSA) is 114 Å². The minimum atomic E-state index is -0.605. The van der Waals surface area contributed by atoms with Crippen LogP contribution in [0.25, 0.3) is 0 Å². The van der Waals surface area contributed by atoms with E-state index >= 15 is 0 Å². The summed E-state index contributed by atoms with van der Waals surface area (Å²) in [5.41, 5.74) is 3.13. The number of amides is 2. The molecule has 0 aromatic heterocycles. The van der Waals surface area contributed by atoms with Gasteiger partial charge in [-0.3, -0.25) is 19.7 Å². The van der Waals surface area contributed by atoms with Crippen LogP contribution in [0.1, 0.15) is 12.0 Å². The van der Waals surface area contributed by atoms with Crippen LogP contribution in [-0.2, 0) is 9.59 Å². The van der Waals surface area contributed by atoms with Gasteiger partial charge in [-0.05, 0) is 28.1 Å². The molecule has 0 aliphatic carbocycles. The Labute approximate surface area is 151 Å². The lowest BCUT2D eigenvalue weighted by molar-refractivity contribution is -0.384. The van der Waals surface area contributed by atoms with Gasteiger partial charge >= 0.3 is 0 Å². The number of para-hydroxylation sites is 1. The summed E-state index contributed by atoms with van der Waals surface area (Å²) in [5, 5.41) is 17.0. The molecule has 0 saturated heterocycles. The predicted octanol–water partition coefficient (Wildman–Crippen LogP) is 2.84. The Morgan fingerprint density at radius 1 is 1.16 bits per heavy atom. The first kappa shape index (κ1) is 18.3. The molecule has 0 bridgehead atoms. The molecule has 0 atom stereocenters. The number of carbonyl (C=O) groups excluding carboxylic acids is 2. The lowest BCUT2D eigenvalue weighted by Crippen LogP contribution is -2.24. The highest BCUT2D eigenvalue weighted by Crippen LogP contribution is 2.21. The fraction of sp³-hybridized carbons (Fsp3) is 0.0625. The summed E-state index contributed by atoms with van der Waals surface area (Å²) < 4.78 is 0.701. The van der Waals surface area contributed by atoms with Gasteiger partial charge in [0.2, 0.25) is 11.8 Å². The standard InChI is InChI=1S/C16H13BrN4O4/c17-13-6-1-2-7-14(13)19-15(22)9-16(23)20-18-10-11-4-3-5-12(8-11)21(24)25/h1-8,10H,9H2,(H,19,22)(H,20,23). The zero-order valence-corrected chi connectivity index (χ0v) is 14.4. The number of nitrogens with one attached hydrogen (secondary N) is 2. The normalized spacial score (nSPS) is 10.4. The Balaban J connectivity index is 1.86. The molecule has 2 N–H and O–H groups in total. The summed E-state index contributed by atoms with van der Waals surface area (Å²) >= 11 is 3.29. The number of nitro benzene ring substituents is 1. The second-order valence-corrected chi connectivity index (χ2v) is 5.70. The average Bonchev–Trinajstić information content (AvgIpc) is 2.57. The van der Waals surface area contributed by atoms with E-state index in [-0.39, 0.29) is 5.69 Å². The van der Waals surface area contributed by atoms with Gasteiger partial charge in [-0.15, -0.1) is 0 Å². The highest BCUT2D eigenvalue weighted by Gasteiger charge is 2.10. The Bertz CT molecular complexity index is 838. The molecule has 0 heterocycles. The summed E-state index contributed by atoms with van der Waals surface area (Å²) in [6.07, 6.45) is 0.851. The van der Waals surface area contributed by atoms with E-state index in [9.17, 15) is 19.7 Å². The second-order valence-electron chi connectivity index (χ2n) is 4.85. The molecule has 2 amide bonds. The summed E-state index contributed by atoms with van der Waals surface area (Å²) in [6, 6.07) is 12.8. The Morgan fingerprint density at radius 2 is 1.92 bits per heavy atom. The maximum atomic E-state index is 11.8. The number of rotatable bonds is 6. The summed E-state index contributed by atoms with van der Waals surface area (Å²) in [6.45, 7) is 0. The van der Waals surface area contributed by atoms with E-state index < -0.39 is 23.2 Å². The molecule has 8 nitrogen and oxygen atoms in total. The summed E-state index contributed by atoms with van der Waals surface area (Å²) in [4.78, 5) is 33.6. The number of hydrogen-bond donors (Lipinski definition) is 2. The van der Waals surface area contributed by atoms with Crippen molar-refractivity contribution in [1.29, 1.82) is 0 Å². The number of nitrogens with zero attached hydrogens (tertiary/aromatic N) is 2. The molecule has 2 aromatic rings. The van der Waals surface area contributed by atoms with E-state index in [0.717, 1.165) is 0 Å². The van der Waals surface area contributed by atoms with E-state index in [0.29, 0.717) is 15.7 Å². The minimum Gasteiger partial charge on any atom is -0.325 e. The molecule has 0 aliphatic heterocycles. The van der Waals surface area contributed by atoms with Crippen molar-refractivity contribution in [3.8, 4) is 0 Å². The van der Waals surface area contributed by atoms with Crippen LogP contribution < -0.4 is 10.7 Å². The third kappa shape index (κ3) is 5.81. The SMILES string of the molecule is O=C(CC(=O)Nc1ccccc1Br)NN=Cc1cccc([N+](=O)[O-])c1. The van der Waals surface area contributed by atoms with E-state index in [1.165, 1.54) is 24.4 Å². The molecule has 128 valence electrons. The largest absolute Gasteiger partial charge is 0.325 e. The quantitative estimate of drug-likeness (QED) is 0.333. The van der Waals surface area contributed by atoms with Crippen molar-refractivity contribution in [1.82, 2.24) is 5.43 Å². The van der Waals surface area contributed by atoms with Crippen molar-refractivity contribution in [2.75, 3.05) is 5.32 Å². The van der Waals surface area contributed by atoms with Crippen LogP contribution in [0.5, 0.6) is 0 Å². The second kappa shape index (κ2) is 8.69. The van der Waals surface area contributed by atoms with Crippen LogP contribution in [0, 0.1) is 10.1 Å². The lowest BCUT2D eigenvalue weighted by Gasteiger charge is -2.06. The first-order valence-corrected chi connectivity index (χ1v) is 7.86. The fourth-order valence-corrected chi connectivity index (χ4v) is 2.22. The molecule has 0 saturated carbocycles. The number of carbonyl (C=O) groups is 2. The zero-order chi connectivity index (χ0) is 18.2. The zero-order valence-electron chi connectivity index (χ0n) is 12.8. The van der Waals surface area contributed by atoms with Crippen LogP contribution in [-0.4, -0.2) is 23.0 Å². The van der Waals surface area contributed by atoms with Crippen molar-refractivity contribution in [3.63, 3.8) is 0 Å². The summed E-state index contributed by atoms with van der Waals surface area (Å²) in [7, 11) is 0. The first-order valence-electron chi connectivity index (χ1n) is 7.06. The van der Waals surface area contributed by atoms with E-state index in [1.807, 2.05) is 0 Å². The molecule has 2 aromatic carbocycles. The fourth-order valence-electron chi connectivity index (χ4n) is 1.84. The number of benzene rings is 2. The van der Waals surface area contributed by atoms with Crippen molar-refractivity contribution in [2.24, 2.45) is 5.10 Å². The van der Waals surface area contributed by atoms with Crippen LogP contribution >= 0.6 is 15.9 Å². The Morgan fingerprint density at radius 3 is 2.64 bits per heavy atom. The Kier molecular flexibility index (Phi) is 6.35. The van der Waals surface area contributed by atoms with Crippen molar-refractivity contribution >= 4 is 45.3 Å². The number of non-ortho nitro benzene ring substituents is 1. The number of halogens is 1. The van der Waals surface area contributed by atoms with E-state index in [2.05, 4.69) is 31.8 Å². The molecule has 0 unspecified atom stereocenters. The highest BCUT2D eigenvalue weighted by atomic mass is 79.9. The van der Waals surface area contributed by atoms with Crippen LogP contribution in [0.3, 0.4) is 0 Å². The van der Waals surface area contributed by atoms with E-state index in [4.69, 9.17) is 0 Å². The van der Waals surface area contributed by atoms with Crippen LogP contribution in [0.2, 0.25) is 0 Å². The van der Waals surface area contributed by atoms with Gasteiger partial charge in [-0.25, -0.2) is 5.43 Å². The van der Waals surface area contributed by atoms with Gasteiger partial charge in [0.1, 0.15) is 6.42 Å². The van der Waals surface area contributed by atoms with Gasteiger partial charge in [-0.1, -0.05) is 24.3 Å². The number of hydrogen-bond acceptors (Lipinski definition) is 5. The molecule has 25 heavy (non-hydrogen) atoms. The van der Waals surface area contributed by atoms with E-state index in [1.54, 1.807) is 30.3 Å². The smallest absolute Gasteiger partial charge is 0.270 e. The molecule has 9 heteroatoms. The molecular formula is C16H13BrN4O4. The monoisotopic (exact) mass is 404 g/mol. The van der Waals surface area contributed by atoms with Gasteiger partial charge in [0, 0.05) is 22.2 Å². The molecular weight excluding hydrogens is 392 g/mol. The lowest BCUT2D eigenvalue weighted by atomic mass is 10.2. The molecule has 2 rings (SSSR count). The first-order chi connectivity index (χ1) is 12.0. The third-order valence-electron chi connectivity index (χ3n) is 2.95. The average molecular weight is 405 g/mol. The predicted molar refractivity (Wildman–Crippen MR) is 96.2 cm³/mol. The van der Waals surface area contributed by atoms with Gasteiger partial charge in [0.05, 0.1) is 16.8 Å². The maximum Gasteiger partial charge on any atom is 0.270 e. The number of hydrazone groups is 1. The number of nitro groups is 1. The van der Waals surface area contributed by atoms with Crippen molar-refractivity contribution in [2.45, 2.75) is 6.42 Å². The summed E-state index contributed by atoms with van der Waals surface area (Å²) in [5.74, 6) is -1.10. The van der Waals surface area contributed by atoms with Crippen LogP contribution in [0.4, 0.5) is 11.4 Å². The van der Waals surface area contributed by atoms with Gasteiger partial charge in [0.15, 0.2) is 0 Å². The Hall–Kier alpha value is -3.07. The maximum absolute atomic E-state index is 11.8. The molecule has 0 spiro atoms. The van der Waals surface area contributed by atoms with Gasteiger partial charge < -0.3 is 5.32 Å². The van der Waals surface area contributed by atoms with Gasteiger partial charge in [-0.2, -0.15) is 5.10 Å².